The van der Waals surface area contributed by atoms with E-state index in [0.29, 0.717) is 0 Å². The molecule has 3 fully saturated rings. The van der Waals surface area contributed by atoms with Crippen molar-refractivity contribution in [1.29, 1.82) is 0 Å². The van der Waals surface area contributed by atoms with Gasteiger partial charge in [0.25, 0.3) is 0 Å². The number of ketones is 1. The van der Waals surface area contributed by atoms with E-state index in [1.807, 2.05) is 30.3 Å². The number of hydrogen-bond donors (Lipinski definition) is 1. The van der Waals surface area contributed by atoms with Gasteiger partial charge >= 0.3 is 12.1 Å². The number of alkyl carbamates (subject to hydrolysis) is 1. The molecule has 0 radical (unpaired) electrons. The second kappa shape index (κ2) is 9.76. The van der Waals surface area contributed by atoms with Crippen molar-refractivity contribution >= 4 is 41.4 Å². The number of likely N-dealkylation sites (tertiary alicyclic amines) is 1. The summed E-state index contributed by atoms with van der Waals surface area (Å²) in [7, 11) is 1.24. The molecule has 3 amide bonds. The molecule has 0 spiro atoms. The third kappa shape index (κ3) is 4.93. The van der Waals surface area contributed by atoms with Gasteiger partial charge in [0.2, 0.25) is 16.7 Å². The Bertz CT molecular complexity index is 1070. The van der Waals surface area contributed by atoms with E-state index in [0.717, 1.165) is 5.56 Å². The van der Waals surface area contributed by atoms with Crippen LogP contribution in [0.25, 0.3) is 0 Å². The van der Waals surface area contributed by atoms with E-state index in [4.69, 9.17) is 9.47 Å². The third-order valence-corrected chi connectivity index (χ3v) is 8.21. The van der Waals surface area contributed by atoms with Crippen LogP contribution in [0.5, 0.6) is 0 Å². The maximum Gasteiger partial charge on any atom is 0.408 e. The zero-order chi connectivity index (χ0) is 26.3. The van der Waals surface area contributed by atoms with E-state index in [-0.39, 0.29) is 44.0 Å². The van der Waals surface area contributed by atoms with Crippen molar-refractivity contribution in [2.75, 3.05) is 20.2 Å². The van der Waals surface area contributed by atoms with Gasteiger partial charge in [-0.1, -0.05) is 42.1 Å². The Balaban J connectivity index is 1.45. The molecule has 3 heterocycles. The number of methoxy groups -OCH3 is 1. The van der Waals surface area contributed by atoms with E-state index in [1.165, 1.54) is 28.7 Å². The highest BCUT2D eigenvalue weighted by Gasteiger charge is 2.66. The molecule has 3 aliphatic heterocycles. The summed E-state index contributed by atoms with van der Waals surface area (Å²) in [4.78, 5) is 65.6. The minimum Gasteiger partial charge on any atom is -0.467 e. The molecule has 0 aromatic heterocycles. The number of fused-ring (bicyclic) bond motifs is 1. The molecule has 0 aliphatic carbocycles. The predicted octanol–water partition coefficient (Wildman–Crippen LogP) is 1.71. The quantitative estimate of drug-likeness (QED) is 0.429. The summed E-state index contributed by atoms with van der Waals surface area (Å²) < 4.78 is 10.3. The van der Waals surface area contributed by atoms with Crippen LogP contribution in [0.2, 0.25) is 0 Å². The Labute approximate surface area is 214 Å². The lowest BCUT2D eigenvalue weighted by atomic mass is 9.90. The van der Waals surface area contributed by atoms with Gasteiger partial charge in [-0.25, -0.2) is 9.59 Å². The third-order valence-electron chi connectivity index (χ3n) is 6.48. The highest BCUT2D eigenvalue weighted by Crippen LogP contribution is 2.53. The number of benzene rings is 1. The molecule has 1 aromatic rings. The van der Waals surface area contributed by atoms with Gasteiger partial charge in [0.15, 0.2) is 0 Å². The zero-order valence-corrected chi connectivity index (χ0v) is 21.6. The first-order chi connectivity index (χ1) is 16.9. The summed E-state index contributed by atoms with van der Waals surface area (Å²) >= 11 is 1.17. The van der Waals surface area contributed by atoms with Crippen molar-refractivity contribution in [1.82, 2.24) is 15.1 Å². The molecule has 4 rings (SSSR count). The van der Waals surface area contributed by atoms with Gasteiger partial charge in [0.05, 0.1) is 24.9 Å². The summed E-state index contributed by atoms with van der Waals surface area (Å²) in [6, 6.07) is 8.45. The van der Waals surface area contributed by atoms with E-state index < -0.39 is 45.8 Å². The molecule has 11 heteroatoms. The van der Waals surface area contributed by atoms with E-state index >= 15 is 0 Å². The van der Waals surface area contributed by atoms with Gasteiger partial charge in [0, 0.05) is 19.4 Å². The lowest BCUT2D eigenvalue weighted by molar-refractivity contribution is -0.159. The molecule has 0 saturated carbocycles. The number of thioether (sulfide) groups is 1. The molecule has 4 atom stereocenters. The first kappa shape index (κ1) is 26.0. The number of carbonyl (C=O) groups is 5. The smallest absolute Gasteiger partial charge is 0.408 e. The largest absolute Gasteiger partial charge is 0.467 e. The molecule has 1 N–H and O–H groups in total. The number of ether oxygens (including phenoxy) is 2. The predicted molar refractivity (Wildman–Crippen MR) is 131 cm³/mol. The van der Waals surface area contributed by atoms with Crippen molar-refractivity contribution in [3.05, 3.63) is 35.9 Å². The molecule has 1 aromatic carbocycles. The van der Waals surface area contributed by atoms with Crippen molar-refractivity contribution in [3.63, 3.8) is 0 Å². The van der Waals surface area contributed by atoms with E-state index in [2.05, 4.69) is 5.32 Å². The van der Waals surface area contributed by atoms with Gasteiger partial charge in [-0.15, -0.1) is 0 Å². The fourth-order valence-corrected chi connectivity index (χ4v) is 6.64. The summed E-state index contributed by atoms with van der Waals surface area (Å²) in [5.41, 5.74) is 0.153. The highest BCUT2D eigenvalue weighted by atomic mass is 32.2. The van der Waals surface area contributed by atoms with E-state index in [1.54, 1.807) is 20.8 Å². The first-order valence-electron chi connectivity index (χ1n) is 11.9. The fraction of sp³-hybridized carbons (Fsp3) is 0.560. The van der Waals surface area contributed by atoms with Gasteiger partial charge in [-0.05, 0) is 32.8 Å². The Morgan fingerprint density at radius 1 is 1.14 bits per heavy atom. The van der Waals surface area contributed by atoms with Crippen molar-refractivity contribution in [2.45, 2.75) is 61.9 Å². The van der Waals surface area contributed by atoms with Crippen molar-refractivity contribution in [2.24, 2.45) is 5.92 Å². The van der Waals surface area contributed by atoms with Gasteiger partial charge in [-0.3, -0.25) is 14.4 Å². The van der Waals surface area contributed by atoms with Gasteiger partial charge in [-0.2, -0.15) is 0 Å². The number of nitrogens with zero attached hydrogens (tertiary/aromatic N) is 2. The topological polar surface area (TPSA) is 122 Å². The normalized spacial score (nSPS) is 27.4. The molecule has 2 unspecified atom stereocenters. The Hall–Kier alpha value is -3.08. The SMILES string of the molecule is COC(=O)[C@@]1(N2CCC(NC(=O)OC(C)(C)C)C2=O)CN2C(=O)[C@@H](CC(=O)Cc3ccccc3)C2S1. The lowest BCUT2D eigenvalue weighted by Gasteiger charge is -2.41. The molecular weight excluding hydrogens is 486 g/mol. The Kier molecular flexibility index (Phi) is 7.05. The lowest BCUT2D eigenvalue weighted by Crippen LogP contribution is -2.60. The molecule has 36 heavy (non-hydrogen) atoms. The van der Waals surface area contributed by atoms with Crippen LogP contribution < -0.4 is 5.32 Å². The van der Waals surface area contributed by atoms with Crippen LogP contribution >= 0.6 is 11.8 Å². The van der Waals surface area contributed by atoms with Crippen LogP contribution in [-0.2, 0) is 35.1 Å². The number of carbonyl (C=O) groups excluding carboxylic acids is 5. The maximum absolute atomic E-state index is 13.3. The summed E-state index contributed by atoms with van der Waals surface area (Å²) in [5, 5.41) is 2.16. The minimum absolute atomic E-state index is 0.0257. The minimum atomic E-state index is -1.44. The molecule has 10 nitrogen and oxygen atoms in total. The van der Waals surface area contributed by atoms with Gasteiger partial charge < -0.3 is 24.6 Å². The maximum atomic E-state index is 13.3. The van der Waals surface area contributed by atoms with Crippen molar-refractivity contribution in [3.8, 4) is 0 Å². The fourth-order valence-electron chi connectivity index (χ4n) is 4.86. The van der Waals surface area contributed by atoms with E-state index in [9.17, 15) is 24.0 Å². The van der Waals surface area contributed by atoms with Crippen LogP contribution in [0.3, 0.4) is 0 Å². The summed E-state index contributed by atoms with van der Waals surface area (Å²) in [5.74, 6) is -1.92. The number of esters is 1. The van der Waals surface area contributed by atoms with Crippen LogP contribution in [0.4, 0.5) is 4.79 Å². The van der Waals surface area contributed by atoms with Crippen LogP contribution in [0, 0.1) is 5.92 Å². The zero-order valence-electron chi connectivity index (χ0n) is 20.8. The van der Waals surface area contributed by atoms with Crippen LogP contribution in [0.15, 0.2) is 30.3 Å². The summed E-state index contributed by atoms with van der Waals surface area (Å²) in [6.45, 7) is 5.34. The summed E-state index contributed by atoms with van der Waals surface area (Å²) in [6.07, 6.45) is -0.137. The molecule has 0 bridgehead atoms. The number of β-lactam (4-membered cyclic amide) rings is 1. The number of nitrogens with one attached hydrogen (secondary N) is 1. The average Bonchev–Trinajstić information content (AvgIpc) is 3.36. The van der Waals surface area contributed by atoms with Crippen LogP contribution in [0.1, 0.15) is 39.2 Å². The van der Waals surface area contributed by atoms with Crippen LogP contribution in [-0.4, -0.2) is 81.5 Å². The monoisotopic (exact) mass is 517 g/mol. The number of rotatable bonds is 7. The van der Waals surface area contributed by atoms with Crippen molar-refractivity contribution < 1.29 is 33.4 Å². The Morgan fingerprint density at radius 2 is 1.83 bits per heavy atom. The molecular formula is C25H31N3O7S. The second-order valence-corrected chi connectivity index (χ2v) is 11.6. The molecule has 3 saturated heterocycles. The number of Topliss-reactive ketones (excluding diaryl/α,β-unsaturated/α-hetero) is 1. The molecule has 194 valence electrons. The standard InChI is InChI=1S/C25H31N3O7S/c1-24(2,3)35-23(33)26-18-10-11-28(20(18)31)25(22(32)34-4)14-27-19(30)17(21(27)36-25)13-16(29)12-15-8-6-5-7-9-15/h5-9,17-18,21H,10-14H2,1-4H3,(H,26,33)/t17-,18?,21?,25-/m1/s1. The molecule has 3 aliphatic rings. The number of amides is 3. The van der Waals surface area contributed by atoms with Gasteiger partial charge in [0.1, 0.15) is 17.4 Å². The average molecular weight is 518 g/mol. The number of hydrogen-bond acceptors (Lipinski definition) is 8. The Morgan fingerprint density at radius 3 is 2.47 bits per heavy atom. The first-order valence-corrected chi connectivity index (χ1v) is 12.8. The second-order valence-electron chi connectivity index (χ2n) is 10.2. The highest BCUT2D eigenvalue weighted by molar-refractivity contribution is 8.02.